The maximum Gasteiger partial charge on any atom is 0.264 e. The van der Waals surface area contributed by atoms with Crippen LogP contribution in [0.15, 0.2) is 71.6 Å². The van der Waals surface area contributed by atoms with E-state index < -0.39 is 28.3 Å². The van der Waals surface area contributed by atoms with Crippen molar-refractivity contribution in [1.29, 1.82) is 0 Å². The number of para-hydroxylation sites is 1. The average Bonchev–Trinajstić information content (AvgIpc) is 2.70. The highest BCUT2D eigenvalue weighted by molar-refractivity contribution is 7.92. The summed E-state index contributed by atoms with van der Waals surface area (Å²) in [5, 5.41) is 2.78. The summed E-state index contributed by atoms with van der Waals surface area (Å²) in [6.45, 7) is 1.25. The Labute approximate surface area is 184 Å². The van der Waals surface area contributed by atoms with Crippen molar-refractivity contribution in [1.82, 2.24) is 0 Å². The van der Waals surface area contributed by atoms with E-state index in [4.69, 9.17) is 23.2 Å². The van der Waals surface area contributed by atoms with E-state index >= 15 is 0 Å². The molecule has 0 radical (unpaired) electrons. The number of nitrogens with one attached hydrogen (secondary N) is 1. The van der Waals surface area contributed by atoms with E-state index in [0.29, 0.717) is 16.3 Å². The molecule has 0 aromatic heterocycles. The van der Waals surface area contributed by atoms with E-state index in [1.165, 1.54) is 36.4 Å². The molecule has 9 heteroatoms. The molecule has 0 saturated heterocycles. The molecule has 3 rings (SSSR count). The third kappa shape index (κ3) is 4.92. The van der Waals surface area contributed by atoms with Crippen LogP contribution in [0, 0.1) is 12.7 Å². The number of sulfonamides is 1. The Bertz CT molecular complexity index is 1190. The number of anilines is 2. The molecule has 0 atom stereocenters. The molecule has 1 amide bonds. The number of rotatable bonds is 6. The quantitative estimate of drug-likeness (QED) is 0.537. The first kappa shape index (κ1) is 22.1. The van der Waals surface area contributed by atoms with Gasteiger partial charge in [0.2, 0.25) is 5.91 Å². The third-order valence-electron chi connectivity index (χ3n) is 4.28. The molecule has 0 aliphatic rings. The summed E-state index contributed by atoms with van der Waals surface area (Å²) >= 11 is 11.6. The number of hydrogen-bond acceptors (Lipinski definition) is 3. The fourth-order valence-electron chi connectivity index (χ4n) is 2.78. The van der Waals surface area contributed by atoms with Gasteiger partial charge in [0.05, 0.1) is 15.6 Å². The van der Waals surface area contributed by atoms with Crippen molar-refractivity contribution in [2.45, 2.75) is 11.8 Å². The summed E-state index contributed by atoms with van der Waals surface area (Å²) in [7, 11) is -4.07. The van der Waals surface area contributed by atoms with Gasteiger partial charge in [0.15, 0.2) is 0 Å². The monoisotopic (exact) mass is 466 g/mol. The van der Waals surface area contributed by atoms with E-state index in [2.05, 4.69) is 5.32 Å². The van der Waals surface area contributed by atoms with Gasteiger partial charge in [-0.3, -0.25) is 9.10 Å². The van der Waals surface area contributed by atoms with Crippen LogP contribution in [0.5, 0.6) is 0 Å². The SMILES string of the molecule is Cc1ccccc1N(CC(=O)Nc1ccc(F)c(Cl)c1)S(=O)(=O)c1ccc(Cl)cc1. The minimum absolute atomic E-state index is 0.00669. The van der Waals surface area contributed by atoms with Gasteiger partial charge < -0.3 is 5.32 Å². The summed E-state index contributed by atoms with van der Waals surface area (Å²) in [4.78, 5) is 12.7. The number of benzene rings is 3. The summed E-state index contributed by atoms with van der Waals surface area (Å²) in [5.41, 5.74) is 1.28. The fourth-order valence-corrected chi connectivity index (χ4v) is 4.57. The maximum atomic E-state index is 13.3. The minimum atomic E-state index is -4.07. The zero-order valence-corrected chi connectivity index (χ0v) is 18.1. The Kier molecular flexibility index (Phi) is 6.65. The smallest absolute Gasteiger partial charge is 0.264 e. The first-order valence-electron chi connectivity index (χ1n) is 8.77. The molecule has 0 spiro atoms. The Morgan fingerprint density at radius 1 is 1.03 bits per heavy atom. The Balaban J connectivity index is 1.95. The van der Waals surface area contributed by atoms with Crippen LogP contribution < -0.4 is 9.62 Å². The summed E-state index contributed by atoms with van der Waals surface area (Å²) in [5.74, 6) is -1.24. The highest BCUT2D eigenvalue weighted by atomic mass is 35.5. The van der Waals surface area contributed by atoms with Crippen molar-refractivity contribution >= 4 is 50.5 Å². The number of hydrogen-bond donors (Lipinski definition) is 1. The largest absolute Gasteiger partial charge is 0.324 e. The van der Waals surface area contributed by atoms with Crippen molar-refractivity contribution in [3.05, 3.63) is 88.2 Å². The number of carbonyl (C=O) groups excluding carboxylic acids is 1. The zero-order chi connectivity index (χ0) is 21.9. The van der Waals surface area contributed by atoms with Crippen molar-refractivity contribution < 1.29 is 17.6 Å². The Morgan fingerprint density at radius 3 is 2.33 bits per heavy atom. The summed E-state index contributed by atoms with van der Waals surface area (Å²) < 4.78 is 41.0. The van der Waals surface area contributed by atoms with Gasteiger partial charge in [-0.2, -0.15) is 0 Å². The predicted molar refractivity (Wildman–Crippen MR) is 117 cm³/mol. The molecule has 0 fully saturated rings. The van der Waals surface area contributed by atoms with Crippen molar-refractivity contribution in [2.24, 2.45) is 0 Å². The van der Waals surface area contributed by atoms with Crippen LogP contribution in [0.2, 0.25) is 10.0 Å². The van der Waals surface area contributed by atoms with E-state index in [0.717, 1.165) is 10.4 Å². The zero-order valence-electron chi connectivity index (χ0n) is 15.8. The van der Waals surface area contributed by atoms with Crippen molar-refractivity contribution in [2.75, 3.05) is 16.2 Å². The lowest BCUT2D eigenvalue weighted by atomic mass is 10.2. The molecule has 0 aliphatic heterocycles. The first-order chi connectivity index (χ1) is 14.2. The Hall–Kier alpha value is -2.61. The van der Waals surface area contributed by atoms with Gasteiger partial charge >= 0.3 is 0 Å². The molecule has 0 aliphatic carbocycles. The standard InChI is InChI=1S/C21H17Cl2FN2O3S/c1-14-4-2-3-5-20(14)26(30(28,29)17-9-6-15(22)7-10-17)13-21(27)25-16-8-11-19(24)18(23)12-16/h2-12H,13H2,1H3,(H,25,27). The second-order valence-corrected chi connectivity index (χ2v) is 9.14. The highest BCUT2D eigenvalue weighted by Gasteiger charge is 2.28. The summed E-state index contributed by atoms with van der Waals surface area (Å²) in [6, 6.07) is 16.2. The number of nitrogens with zero attached hydrogens (tertiary/aromatic N) is 1. The van der Waals surface area contributed by atoms with Crippen molar-refractivity contribution in [3.63, 3.8) is 0 Å². The van der Waals surface area contributed by atoms with Gasteiger partial charge in [-0.05, 0) is 61.0 Å². The highest BCUT2D eigenvalue weighted by Crippen LogP contribution is 2.27. The van der Waals surface area contributed by atoms with Crippen molar-refractivity contribution in [3.8, 4) is 0 Å². The molecule has 5 nitrogen and oxygen atoms in total. The molecule has 0 bridgehead atoms. The number of halogens is 3. The average molecular weight is 467 g/mol. The first-order valence-corrected chi connectivity index (χ1v) is 11.0. The van der Waals surface area contributed by atoms with Crippen LogP contribution in [-0.4, -0.2) is 20.9 Å². The lowest BCUT2D eigenvalue weighted by Gasteiger charge is -2.25. The van der Waals surface area contributed by atoms with E-state index in [9.17, 15) is 17.6 Å². The van der Waals surface area contributed by atoms with Gasteiger partial charge in [-0.15, -0.1) is 0 Å². The van der Waals surface area contributed by atoms with E-state index in [1.807, 2.05) is 0 Å². The van der Waals surface area contributed by atoms with Gasteiger partial charge in [0.1, 0.15) is 12.4 Å². The van der Waals surface area contributed by atoms with Gasteiger partial charge in [0.25, 0.3) is 10.0 Å². The second-order valence-electron chi connectivity index (χ2n) is 6.43. The van der Waals surface area contributed by atoms with Crippen LogP contribution in [0.1, 0.15) is 5.56 Å². The number of aryl methyl sites for hydroxylation is 1. The lowest BCUT2D eigenvalue weighted by molar-refractivity contribution is -0.114. The molecule has 1 N–H and O–H groups in total. The van der Waals surface area contributed by atoms with Gasteiger partial charge in [0, 0.05) is 10.7 Å². The molecule has 156 valence electrons. The number of amides is 1. The molecule has 30 heavy (non-hydrogen) atoms. The molecule has 0 heterocycles. The third-order valence-corrected chi connectivity index (χ3v) is 6.59. The van der Waals surface area contributed by atoms with Crippen LogP contribution in [-0.2, 0) is 14.8 Å². The molecule has 3 aromatic carbocycles. The second kappa shape index (κ2) is 9.04. The van der Waals surface area contributed by atoms with E-state index in [-0.39, 0.29) is 15.6 Å². The van der Waals surface area contributed by atoms with Crippen LogP contribution in [0.25, 0.3) is 0 Å². The van der Waals surface area contributed by atoms with Gasteiger partial charge in [-0.1, -0.05) is 41.4 Å². The number of carbonyl (C=O) groups is 1. The van der Waals surface area contributed by atoms with Crippen LogP contribution in [0.3, 0.4) is 0 Å². The molecular formula is C21H17Cl2FN2O3S. The van der Waals surface area contributed by atoms with E-state index in [1.54, 1.807) is 31.2 Å². The topological polar surface area (TPSA) is 66.5 Å². The van der Waals surface area contributed by atoms with Crippen LogP contribution in [0.4, 0.5) is 15.8 Å². The van der Waals surface area contributed by atoms with Crippen LogP contribution >= 0.6 is 23.2 Å². The Morgan fingerprint density at radius 2 is 1.70 bits per heavy atom. The normalized spacial score (nSPS) is 11.2. The lowest BCUT2D eigenvalue weighted by Crippen LogP contribution is -2.38. The predicted octanol–water partition coefficient (Wildman–Crippen LogP) is 5.27. The minimum Gasteiger partial charge on any atom is -0.324 e. The molecule has 0 saturated carbocycles. The molecule has 0 unspecified atom stereocenters. The van der Waals surface area contributed by atoms with Gasteiger partial charge in [-0.25, -0.2) is 12.8 Å². The molecule has 3 aromatic rings. The fraction of sp³-hybridized carbons (Fsp3) is 0.0952. The maximum absolute atomic E-state index is 13.3. The summed E-state index contributed by atoms with van der Waals surface area (Å²) in [6.07, 6.45) is 0. The molecular weight excluding hydrogens is 450 g/mol.